The summed E-state index contributed by atoms with van der Waals surface area (Å²) < 4.78 is 78.1. The number of unbranched alkanes of at least 4 members (excludes halogenated alkanes) is 3. The Morgan fingerprint density at radius 2 is 1.48 bits per heavy atom. The van der Waals surface area contributed by atoms with Crippen molar-refractivity contribution in [2.75, 3.05) is 12.4 Å². The van der Waals surface area contributed by atoms with Crippen LogP contribution in [0.1, 0.15) is 25.7 Å². The minimum atomic E-state index is -3.52. The number of hydrogen-bond acceptors (Lipinski definition) is 3. The Morgan fingerprint density at radius 1 is 0.952 bits per heavy atom. The van der Waals surface area contributed by atoms with Gasteiger partial charge in [0.15, 0.2) is 17.4 Å². The zero-order valence-electron chi connectivity index (χ0n) is 10.8. The Balaban J connectivity index is 2.37. The molecule has 1 aromatic carbocycles. The van der Waals surface area contributed by atoms with Gasteiger partial charge in [-0.2, -0.15) is 8.78 Å². The summed E-state index contributed by atoms with van der Waals surface area (Å²) in [6.07, 6.45) is 1.74. The van der Waals surface area contributed by atoms with E-state index in [2.05, 4.69) is 0 Å². The first-order valence-corrected chi connectivity index (χ1v) is 8.58. The molecule has 1 rings (SSSR count). The molecule has 0 radical (unpaired) electrons. The smallest absolute Gasteiger partial charge is 0.232 e. The molecule has 0 unspecified atom stereocenters. The van der Waals surface area contributed by atoms with E-state index in [4.69, 9.17) is 15.4 Å². The fraction of sp³-hybridized carbons (Fsp3) is 0.500. The van der Waals surface area contributed by atoms with Gasteiger partial charge in [-0.25, -0.2) is 17.2 Å². The fourth-order valence-corrected chi connectivity index (χ4v) is 2.46. The molecule has 0 N–H and O–H groups in total. The minimum Gasteiger partial charge on any atom is -0.487 e. The van der Waals surface area contributed by atoms with Gasteiger partial charge in [-0.3, -0.25) is 0 Å². The molecule has 120 valence electrons. The quantitative estimate of drug-likeness (QED) is 0.311. The van der Waals surface area contributed by atoms with Crippen LogP contribution in [0, 0.1) is 23.3 Å². The predicted molar refractivity (Wildman–Crippen MR) is 69.9 cm³/mol. The Hall–Kier alpha value is -1.02. The van der Waals surface area contributed by atoms with E-state index < -0.39 is 38.1 Å². The predicted octanol–water partition coefficient (Wildman–Crippen LogP) is 3.75. The van der Waals surface area contributed by atoms with E-state index in [9.17, 15) is 26.0 Å². The van der Waals surface area contributed by atoms with Gasteiger partial charge in [0.2, 0.25) is 20.7 Å². The van der Waals surface area contributed by atoms with Gasteiger partial charge >= 0.3 is 0 Å². The molecule has 0 aliphatic carbocycles. The zero-order chi connectivity index (χ0) is 16.0. The molecule has 0 saturated heterocycles. The number of benzene rings is 1. The third kappa shape index (κ3) is 6.09. The van der Waals surface area contributed by atoms with E-state index in [0.717, 1.165) is 0 Å². The SMILES string of the molecule is O=S(=O)(Cl)CCCCCCOc1c(F)c(F)cc(F)c1F. The number of rotatable bonds is 8. The largest absolute Gasteiger partial charge is 0.487 e. The summed E-state index contributed by atoms with van der Waals surface area (Å²) in [5.74, 6) is -7.47. The number of halogens is 5. The topological polar surface area (TPSA) is 43.4 Å². The van der Waals surface area contributed by atoms with Gasteiger partial charge in [0.1, 0.15) is 0 Å². The van der Waals surface area contributed by atoms with Crippen LogP contribution in [0.15, 0.2) is 6.07 Å². The molecule has 1 aromatic rings. The number of ether oxygens (including phenoxy) is 1. The molecule has 9 heteroatoms. The van der Waals surface area contributed by atoms with Crippen LogP contribution in [0.4, 0.5) is 17.6 Å². The lowest BCUT2D eigenvalue weighted by molar-refractivity contribution is 0.264. The third-order valence-electron chi connectivity index (χ3n) is 2.60. The van der Waals surface area contributed by atoms with Gasteiger partial charge in [-0.15, -0.1) is 0 Å². The molecule has 0 aliphatic rings. The monoisotopic (exact) mass is 348 g/mol. The molecule has 0 spiro atoms. The Bertz CT molecular complexity index is 566. The first-order chi connectivity index (χ1) is 9.72. The summed E-state index contributed by atoms with van der Waals surface area (Å²) in [4.78, 5) is 0. The summed E-state index contributed by atoms with van der Waals surface area (Å²) in [6.45, 7) is -0.148. The van der Waals surface area contributed by atoms with E-state index in [0.29, 0.717) is 25.7 Å². The molecule has 0 atom stereocenters. The van der Waals surface area contributed by atoms with Crippen molar-refractivity contribution in [2.45, 2.75) is 25.7 Å². The maximum atomic E-state index is 13.2. The summed E-state index contributed by atoms with van der Waals surface area (Å²) >= 11 is 0. The average molecular weight is 349 g/mol. The van der Waals surface area contributed by atoms with Crippen molar-refractivity contribution in [3.63, 3.8) is 0 Å². The number of hydrogen-bond donors (Lipinski definition) is 0. The van der Waals surface area contributed by atoms with Gasteiger partial charge in [-0.05, 0) is 12.8 Å². The standard InChI is InChI=1S/C12H13ClF4O3S/c13-21(18,19)6-4-2-1-3-5-20-12-10(16)8(14)7-9(15)11(12)17/h7H,1-6H2. The molecule has 0 heterocycles. The van der Waals surface area contributed by atoms with E-state index in [1.54, 1.807) is 0 Å². The third-order valence-corrected chi connectivity index (χ3v) is 3.84. The fourth-order valence-electron chi connectivity index (χ4n) is 1.58. The second-order valence-electron chi connectivity index (χ2n) is 4.30. The molecule has 3 nitrogen and oxygen atoms in total. The van der Waals surface area contributed by atoms with Crippen LogP contribution in [0.2, 0.25) is 0 Å². The second-order valence-corrected chi connectivity index (χ2v) is 7.20. The second kappa shape index (κ2) is 7.84. The molecule has 0 aromatic heterocycles. The normalized spacial score (nSPS) is 11.7. The van der Waals surface area contributed by atoms with Crippen molar-refractivity contribution in [1.29, 1.82) is 0 Å². The van der Waals surface area contributed by atoms with Crippen molar-refractivity contribution in [2.24, 2.45) is 0 Å². The molecule has 0 amide bonds. The highest BCUT2D eigenvalue weighted by Crippen LogP contribution is 2.26. The van der Waals surface area contributed by atoms with Crippen LogP contribution in [0.5, 0.6) is 5.75 Å². The highest BCUT2D eigenvalue weighted by molar-refractivity contribution is 8.13. The van der Waals surface area contributed by atoms with Crippen molar-refractivity contribution in [3.8, 4) is 5.75 Å². The van der Waals surface area contributed by atoms with Crippen molar-refractivity contribution in [3.05, 3.63) is 29.3 Å². The lowest BCUT2D eigenvalue weighted by Gasteiger charge is -2.09. The summed E-state index contributed by atoms with van der Waals surface area (Å²) in [5, 5.41) is 0. The highest BCUT2D eigenvalue weighted by Gasteiger charge is 2.20. The maximum Gasteiger partial charge on any atom is 0.232 e. The van der Waals surface area contributed by atoms with E-state index in [1.165, 1.54) is 0 Å². The lowest BCUT2D eigenvalue weighted by atomic mass is 10.2. The van der Waals surface area contributed by atoms with Crippen LogP contribution < -0.4 is 4.74 Å². The first-order valence-electron chi connectivity index (χ1n) is 6.10. The summed E-state index contributed by atoms with van der Waals surface area (Å²) in [5.41, 5.74) is 0. The summed E-state index contributed by atoms with van der Waals surface area (Å²) in [7, 11) is 1.49. The average Bonchev–Trinajstić information content (AvgIpc) is 2.37. The summed E-state index contributed by atoms with van der Waals surface area (Å²) in [6, 6.07) is 0.101. The van der Waals surface area contributed by atoms with Crippen LogP contribution >= 0.6 is 10.7 Å². The Kier molecular flexibility index (Phi) is 6.73. The zero-order valence-corrected chi connectivity index (χ0v) is 12.4. The van der Waals surface area contributed by atoms with E-state index >= 15 is 0 Å². The molecule has 21 heavy (non-hydrogen) atoms. The van der Waals surface area contributed by atoms with Crippen LogP contribution in [0.25, 0.3) is 0 Å². The van der Waals surface area contributed by atoms with Gasteiger partial charge < -0.3 is 4.74 Å². The molecular formula is C12H13ClF4O3S. The van der Waals surface area contributed by atoms with Crippen molar-refractivity contribution >= 4 is 19.7 Å². The molecule has 0 saturated carbocycles. The van der Waals surface area contributed by atoms with Gasteiger partial charge in [0, 0.05) is 16.7 Å². The first kappa shape index (κ1) is 18.0. The maximum absolute atomic E-state index is 13.2. The van der Waals surface area contributed by atoms with Gasteiger partial charge in [0.05, 0.1) is 12.4 Å². The molecule has 0 aliphatic heterocycles. The van der Waals surface area contributed by atoms with Gasteiger partial charge in [0.25, 0.3) is 0 Å². The van der Waals surface area contributed by atoms with Crippen LogP contribution in [-0.4, -0.2) is 20.8 Å². The highest BCUT2D eigenvalue weighted by atomic mass is 35.7. The van der Waals surface area contributed by atoms with Gasteiger partial charge in [-0.1, -0.05) is 12.8 Å². The van der Waals surface area contributed by atoms with Crippen molar-refractivity contribution < 1.29 is 30.7 Å². The molecule has 0 fully saturated rings. The van der Waals surface area contributed by atoms with Crippen molar-refractivity contribution in [1.82, 2.24) is 0 Å². The lowest BCUT2D eigenvalue weighted by Crippen LogP contribution is -2.05. The Labute approximate surface area is 124 Å². The molecule has 0 bridgehead atoms. The van der Waals surface area contributed by atoms with Crippen LogP contribution in [-0.2, 0) is 9.05 Å². The van der Waals surface area contributed by atoms with E-state index in [-0.39, 0.29) is 18.4 Å². The molecular weight excluding hydrogens is 336 g/mol. The Morgan fingerprint density at radius 3 is 2.00 bits per heavy atom. The minimum absolute atomic E-state index is 0.101. The van der Waals surface area contributed by atoms with E-state index in [1.807, 2.05) is 0 Å². The van der Waals surface area contributed by atoms with Crippen LogP contribution in [0.3, 0.4) is 0 Å².